The summed E-state index contributed by atoms with van der Waals surface area (Å²) in [6.07, 6.45) is 5.39. The van der Waals surface area contributed by atoms with Gasteiger partial charge in [0.1, 0.15) is 17.6 Å². The zero-order valence-electron chi connectivity index (χ0n) is 19.0. The van der Waals surface area contributed by atoms with Crippen LogP contribution in [0.5, 0.6) is 17.2 Å². The van der Waals surface area contributed by atoms with Gasteiger partial charge in [0, 0.05) is 29.6 Å². The zero-order chi connectivity index (χ0) is 24.5. The number of aromatic hydroxyl groups is 1. The molecule has 0 bridgehead atoms. The van der Waals surface area contributed by atoms with Gasteiger partial charge in [0.05, 0.1) is 10.7 Å². The van der Waals surface area contributed by atoms with Crippen molar-refractivity contribution in [1.82, 2.24) is 19.5 Å². The number of rotatable bonds is 6. The predicted molar refractivity (Wildman–Crippen MR) is 140 cm³/mol. The Bertz CT molecular complexity index is 1400. The van der Waals surface area contributed by atoms with Gasteiger partial charge >= 0.3 is 0 Å². The summed E-state index contributed by atoms with van der Waals surface area (Å²) in [6, 6.07) is 12.1. The molecule has 7 nitrogen and oxygen atoms in total. The van der Waals surface area contributed by atoms with Crippen LogP contribution < -0.4 is 10.5 Å². The molecule has 1 aliphatic heterocycles. The fourth-order valence-electron chi connectivity index (χ4n) is 4.77. The summed E-state index contributed by atoms with van der Waals surface area (Å²) in [5.74, 6) is 1.28. The van der Waals surface area contributed by atoms with Crippen molar-refractivity contribution < 1.29 is 9.84 Å². The number of likely N-dealkylation sites (tertiary alicyclic amines) is 1. The number of nitrogen functional groups attached to an aromatic ring is 1. The first-order valence-electron chi connectivity index (χ1n) is 11.4. The van der Waals surface area contributed by atoms with Crippen LogP contribution in [0.1, 0.15) is 24.5 Å². The molecule has 0 spiro atoms. The lowest BCUT2D eigenvalue weighted by molar-refractivity contribution is 0.225. The summed E-state index contributed by atoms with van der Waals surface area (Å²) < 4.78 is 7.62. The molecular formula is C26H25Cl2N5O2. The Morgan fingerprint density at radius 3 is 2.86 bits per heavy atom. The van der Waals surface area contributed by atoms with E-state index in [0.717, 1.165) is 38.2 Å². The van der Waals surface area contributed by atoms with Gasteiger partial charge in [-0.05, 0) is 55.3 Å². The first kappa shape index (κ1) is 23.5. The first-order chi connectivity index (χ1) is 17.0. The minimum atomic E-state index is -0.0373. The standard InChI is InChI=1S/C26H25Cl2N5O2/c1-2-10-32-11-4-5-17(14-32)24-23(28)22(25-26(29)30-15-31-33(24)25)16-8-9-21(20(34)12-16)35-19-7-3-6-18(27)13-19/h2-3,6-9,12-13,15,17,34H,1,4-5,10-11,14H2,(H2,29,30,31). The third-order valence-corrected chi connectivity index (χ3v) is 6.90. The zero-order valence-corrected chi connectivity index (χ0v) is 20.5. The van der Waals surface area contributed by atoms with Gasteiger partial charge in [0.2, 0.25) is 0 Å². The molecular weight excluding hydrogens is 485 g/mol. The van der Waals surface area contributed by atoms with Crippen LogP contribution >= 0.6 is 23.2 Å². The highest BCUT2D eigenvalue weighted by atomic mass is 35.5. The summed E-state index contributed by atoms with van der Waals surface area (Å²) in [4.78, 5) is 6.56. The van der Waals surface area contributed by atoms with Crippen molar-refractivity contribution >= 4 is 34.5 Å². The lowest BCUT2D eigenvalue weighted by Crippen LogP contribution is -2.35. The summed E-state index contributed by atoms with van der Waals surface area (Å²) in [5.41, 5.74) is 9.21. The molecule has 0 amide bonds. The molecule has 2 aromatic carbocycles. The van der Waals surface area contributed by atoms with Crippen LogP contribution in [-0.4, -0.2) is 44.2 Å². The number of hydrogen-bond acceptors (Lipinski definition) is 6. The van der Waals surface area contributed by atoms with Crippen molar-refractivity contribution in [3.8, 4) is 28.4 Å². The molecule has 2 aromatic heterocycles. The van der Waals surface area contributed by atoms with Crippen LogP contribution in [0.25, 0.3) is 16.6 Å². The van der Waals surface area contributed by atoms with E-state index < -0.39 is 0 Å². The Hall–Kier alpha value is -3.26. The largest absolute Gasteiger partial charge is 0.504 e. The van der Waals surface area contributed by atoms with Crippen molar-refractivity contribution in [2.75, 3.05) is 25.4 Å². The van der Waals surface area contributed by atoms with Crippen LogP contribution in [0.2, 0.25) is 10.0 Å². The molecule has 0 saturated carbocycles. The number of phenolic OH excluding ortho intramolecular Hbond substituents is 1. The summed E-state index contributed by atoms with van der Waals surface area (Å²) >= 11 is 13.1. The molecule has 1 aliphatic rings. The van der Waals surface area contributed by atoms with E-state index in [-0.39, 0.29) is 11.7 Å². The third kappa shape index (κ3) is 4.55. The lowest BCUT2D eigenvalue weighted by atomic mass is 9.94. The van der Waals surface area contributed by atoms with E-state index in [1.807, 2.05) is 12.1 Å². The number of ether oxygens (including phenoxy) is 1. The second-order valence-electron chi connectivity index (χ2n) is 8.61. The maximum atomic E-state index is 10.8. The molecule has 1 saturated heterocycles. The van der Waals surface area contributed by atoms with Crippen molar-refractivity contribution in [1.29, 1.82) is 0 Å². The first-order valence-corrected chi connectivity index (χ1v) is 12.1. The number of nitrogens with two attached hydrogens (primary N) is 1. The minimum absolute atomic E-state index is 0.0373. The maximum Gasteiger partial charge on any atom is 0.169 e. The lowest BCUT2D eigenvalue weighted by Gasteiger charge is -2.31. The molecule has 3 heterocycles. The van der Waals surface area contributed by atoms with Gasteiger partial charge in [-0.2, -0.15) is 5.10 Å². The van der Waals surface area contributed by atoms with E-state index in [1.165, 1.54) is 6.33 Å². The molecule has 5 rings (SSSR count). The number of nitrogens with zero attached hydrogens (tertiary/aromatic N) is 4. The van der Waals surface area contributed by atoms with Crippen LogP contribution in [-0.2, 0) is 0 Å². The third-order valence-electron chi connectivity index (χ3n) is 6.28. The Balaban J connectivity index is 1.57. The predicted octanol–water partition coefficient (Wildman–Crippen LogP) is 6.15. The van der Waals surface area contributed by atoms with Gasteiger partial charge in [-0.25, -0.2) is 9.50 Å². The quantitative estimate of drug-likeness (QED) is 0.303. The molecule has 1 unspecified atom stereocenters. The normalized spacial score (nSPS) is 16.5. The highest BCUT2D eigenvalue weighted by Gasteiger charge is 2.30. The minimum Gasteiger partial charge on any atom is -0.504 e. The van der Waals surface area contributed by atoms with Crippen LogP contribution in [0.4, 0.5) is 5.82 Å². The summed E-state index contributed by atoms with van der Waals surface area (Å²) in [6.45, 7) is 6.56. The van der Waals surface area contributed by atoms with Crippen molar-refractivity contribution in [3.63, 3.8) is 0 Å². The number of phenols is 1. The second-order valence-corrected chi connectivity index (χ2v) is 9.42. The number of fused-ring (bicyclic) bond motifs is 1. The Kier molecular flexibility index (Phi) is 6.56. The topological polar surface area (TPSA) is 88.9 Å². The van der Waals surface area contributed by atoms with E-state index in [9.17, 15) is 5.11 Å². The average Bonchev–Trinajstić information content (AvgIpc) is 3.14. The maximum absolute atomic E-state index is 10.8. The average molecular weight is 510 g/mol. The summed E-state index contributed by atoms with van der Waals surface area (Å²) in [7, 11) is 0. The van der Waals surface area contributed by atoms with E-state index in [0.29, 0.717) is 44.0 Å². The van der Waals surface area contributed by atoms with Crippen molar-refractivity contribution in [3.05, 3.63) is 77.2 Å². The molecule has 0 aliphatic carbocycles. The van der Waals surface area contributed by atoms with E-state index in [1.54, 1.807) is 40.9 Å². The van der Waals surface area contributed by atoms with Gasteiger partial charge < -0.3 is 15.6 Å². The van der Waals surface area contributed by atoms with Gasteiger partial charge in [0.25, 0.3) is 0 Å². The molecule has 9 heteroatoms. The molecule has 4 aromatic rings. The van der Waals surface area contributed by atoms with Crippen molar-refractivity contribution in [2.24, 2.45) is 0 Å². The molecule has 35 heavy (non-hydrogen) atoms. The molecule has 0 radical (unpaired) electrons. The van der Waals surface area contributed by atoms with Crippen LogP contribution in [0.15, 0.2) is 61.4 Å². The number of hydrogen-bond donors (Lipinski definition) is 2. The second kappa shape index (κ2) is 9.77. The fraction of sp³-hybridized carbons (Fsp3) is 0.231. The van der Waals surface area contributed by atoms with Crippen LogP contribution in [0, 0.1) is 0 Å². The number of aromatic nitrogens is 3. The van der Waals surface area contributed by atoms with Gasteiger partial charge in [-0.3, -0.25) is 4.90 Å². The highest BCUT2D eigenvalue weighted by molar-refractivity contribution is 6.35. The van der Waals surface area contributed by atoms with Crippen molar-refractivity contribution in [2.45, 2.75) is 18.8 Å². The SMILES string of the molecule is C=CCN1CCCC(c2c(Cl)c(-c3ccc(Oc4cccc(Cl)c4)c(O)c3)c3c(N)ncnn23)C1. The number of piperidine rings is 1. The number of benzene rings is 2. The number of halogens is 2. The van der Waals surface area contributed by atoms with Gasteiger partial charge in [-0.1, -0.05) is 41.4 Å². The summed E-state index contributed by atoms with van der Waals surface area (Å²) in [5, 5.41) is 16.4. The van der Waals surface area contributed by atoms with Crippen LogP contribution in [0.3, 0.4) is 0 Å². The molecule has 1 atom stereocenters. The van der Waals surface area contributed by atoms with Gasteiger partial charge in [-0.15, -0.1) is 6.58 Å². The molecule has 180 valence electrons. The van der Waals surface area contributed by atoms with E-state index in [2.05, 4.69) is 21.6 Å². The molecule has 1 fully saturated rings. The molecule has 3 N–H and O–H groups in total. The van der Waals surface area contributed by atoms with Gasteiger partial charge in [0.15, 0.2) is 17.3 Å². The smallest absolute Gasteiger partial charge is 0.169 e. The van der Waals surface area contributed by atoms with E-state index >= 15 is 0 Å². The highest BCUT2D eigenvalue weighted by Crippen LogP contribution is 2.45. The fourth-order valence-corrected chi connectivity index (χ4v) is 5.38. The monoisotopic (exact) mass is 509 g/mol. The Morgan fingerprint density at radius 1 is 1.23 bits per heavy atom. The van der Waals surface area contributed by atoms with E-state index in [4.69, 9.17) is 33.7 Å². The Morgan fingerprint density at radius 2 is 2.09 bits per heavy atom. The number of anilines is 1. The Labute approximate surface area is 213 Å².